The Morgan fingerprint density at radius 3 is 2.50 bits per heavy atom. The van der Waals surface area contributed by atoms with Crippen LogP contribution in [0.1, 0.15) is 0 Å². The highest BCUT2D eigenvalue weighted by Crippen LogP contribution is 2.27. The van der Waals surface area contributed by atoms with E-state index in [0.717, 1.165) is 4.90 Å². The van der Waals surface area contributed by atoms with E-state index in [4.69, 9.17) is 11.6 Å². The Morgan fingerprint density at radius 2 is 1.79 bits per heavy atom. The molecule has 0 amide bonds. The molecular formula is C11H8ClNS. The first-order chi connectivity index (χ1) is 6.84. The molecule has 70 valence electrons. The molecule has 0 radical (unpaired) electrons. The number of hydrogen-bond donors (Lipinski definition) is 0. The van der Waals surface area contributed by atoms with Crippen molar-refractivity contribution in [1.29, 1.82) is 0 Å². The lowest BCUT2D eigenvalue weighted by atomic mass is 10.4. The van der Waals surface area contributed by atoms with Gasteiger partial charge in [-0.05, 0) is 18.2 Å². The molecule has 14 heavy (non-hydrogen) atoms. The molecule has 1 heterocycles. The van der Waals surface area contributed by atoms with E-state index in [0.29, 0.717) is 5.02 Å². The molecule has 0 aliphatic rings. The average Bonchev–Trinajstić information content (AvgIpc) is 2.19. The lowest BCUT2D eigenvalue weighted by Gasteiger charge is -2.00. The van der Waals surface area contributed by atoms with Gasteiger partial charge in [0.15, 0.2) is 0 Å². The van der Waals surface area contributed by atoms with Gasteiger partial charge in [0.25, 0.3) is 0 Å². The van der Waals surface area contributed by atoms with Crippen LogP contribution in [0.2, 0.25) is 5.02 Å². The van der Waals surface area contributed by atoms with Crippen molar-refractivity contribution >= 4 is 23.4 Å². The number of hydrogen-bond acceptors (Lipinski definition) is 2. The molecule has 0 fully saturated rings. The molecule has 0 atom stereocenters. The summed E-state index contributed by atoms with van der Waals surface area (Å²) in [5.41, 5.74) is 0. The van der Waals surface area contributed by atoms with Gasteiger partial charge in [-0.1, -0.05) is 41.6 Å². The molecule has 0 N–H and O–H groups in total. The molecule has 3 heteroatoms. The highest BCUT2D eigenvalue weighted by molar-refractivity contribution is 7.99. The van der Waals surface area contributed by atoms with Crippen molar-refractivity contribution in [3.05, 3.63) is 53.8 Å². The Kier molecular flexibility index (Phi) is 3.07. The predicted molar refractivity (Wildman–Crippen MR) is 59.8 cm³/mol. The van der Waals surface area contributed by atoms with Crippen molar-refractivity contribution < 1.29 is 0 Å². The molecule has 0 bridgehead atoms. The van der Waals surface area contributed by atoms with E-state index in [2.05, 4.69) is 17.1 Å². The summed E-state index contributed by atoms with van der Waals surface area (Å²) in [6.07, 6.45) is 3.44. The van der Waals surface area contributed by atoms with Gasteiger partial charge in [0.1, 0.15) is 0 Å². The van der Waals surface area contributed by atoms with Gasteiger partial charge in [-0.25, -0.2) is 0 Å². The van der Waals surface area contributed by atoms with Crippen LogP contribution in [0.4, 0.5) is 0 Å². The molecule has 0 aliphatic carbocycles. The first kappa shape index (κ1) is 9.56. The number of aromatic nitrogens is 1. The van der Waals surface area contributed by atoms with Crippen molar-refractivity contribution in [3.8, 4) is 0 Å². The minimum atomic E-state index is 0.672. The number of benzene rings is 1. The van der Waals surface area contributed by atoms with Crippen LogP contribution >= 0.6 is 23.4 Å². The highest BCUT2D eigenvalue weighted by Gasteiger charge is 1.97. The van der Waals surface area contributed by atoms with Crippen LogP contribution in [0.5, 0.6) is 0 Å². The summed E-state index contributed by atoms with van der Waals surface area (Å²) in [4.78, 5) is 6.28. The van der Waals surface area contributed by atoms with Crippen molar-refractivity contribution in [2.45, 2.75) is 9.79 Å². The topological polar surface area (TPSA) is 12.9 Å². The summed E-state index contributed by atoms with van der Waals surface area (Å²) in [6, 6.07) is 12.1. The largest absolute Gasteiger partial charge is 0.262 e. The lowest BCUT2D eigenvalue weighted by Crippen LogP contribution is -1.76. The van der Waals surface area contributed by atoms with Crippen LogP contribution < -0.4 is 0 Å². The fraction of sp³-hybridized carbons (Fsp3) is 0. The van der Waals surface area contributed by atoms with Crippen LogP contribution in [0.15, 0.2) is 58.6 Å². The zero-order valence-electron chi connectivity index (χ0n) is 7.35. The van der Waals surface area contributed by atoms with Gasteiger partial charge >= 0.3 is 0 Å². The monoisotopic (exact) mass is 221 g/mol. The molecular weight excluding hydrogens is 214 g/mol. The van der Waals surface area contributed by atoms with Gasteiger partial charge in [-0.15, -0.1) is 0 Å². The fourth-order valence-electron chi connectivity index (χ4n) is 1.07. The Labute approximate surface area is 92.1 Å². The van der Waals surface area contributed by atoms with Gasteiger partial charge in [0, 0.05) is 22.2 Å². The first-order valence-corrected chi connectivity index (χ1v) is 5.37. The van der Waals surface area contributed by atoms with E-state index >= 15 is 0 Å². The number of pyridine rings is 1. The van der Waals surface area contributed by atoms with Crippen LogP contribution in [0, 0.1) is 0 Å². The van der Waals surface area contributed by atoms with Gasteiger partial charge < -0.3 is 0 Å². The summed E-state index contributed by atoms with van der Waals surface area (Å²) in [6.45, 7) is 0. The summed E-state index contributed by atoms with van der Waals surface area (Å²) in [5, 5.41) is 0.672. The number of rotatable bonds is 2. The van der Waals surface area contributed by atoms with Crippen molar-refractivity contribution in [2.24, 2.45) is 0 Å². The molecule has 0 spiro atoms. The van der Waals surface area contributed by atoms with Gasteiger partial charge in [-0.3, -0.25) is 4.98 Å². The molecule has 2 aromatic rings. The van der Waals surface area contributed by atoms with Crippen molar-refractivity contribution in [3.63, 3.8) is 0 Å². The Bertz CT molecular complexity index is 417. The molecule has 2 rings (SSSR count). The second-order valence-corrected chi connectivity index (χ2v) is 4.34. The Balaban J connectivity index is 2.19. The van der Waals surface area contributed by atoms with E-state index in [1.54, 1.807) is 18.0 Å². The number of halogens is 1. The third-order valence-electron chi connectivity index (χ3n) is 1.66. The Morgan fingerprint density at radius 1 is 1.00 bits per heavy atom. The first-order valence-electron chi connectivity index (χ1n) is 4.18. The van der Waals surface area contributed by atoms with Crippen LogP contribution in [0.3, 0.4) is 0 Å². The third kappa shape index (κ3) is 2.50. The molecule has 0 aliphatic heterocycles. The minimum absolute atomic E-state index is 0.672. The van der Waals surface area contributed by atoms with Crippen molar-refractivity contribution in [2.75, 3.05) is 0 Å². The smallest absolute Gasteiger partial charge is 0.0600 e. The normalized spacial score (nSPS) is 10.1. The molecule has 1 nitrogen and oxygen atoms in total. The molecule has 1 aromatic heterocycles. The van der Waals surface area contributed by atoms with E-state index in [-0.39, 0.29) is 0 Å². The summed E-state index contributed by atoms with van der Waals surface area (Å²) < 4.78 is 0. The maximum absolute atomic E-state index is 5.84. The minimum Gasteiger partial charge on any atom is -0.262 e. The van der Waals surface area contributed by atoms with Gasteiger partial charge in [0.05, 0.1) is 5.02 Å². The third-order valence-corrected chi connectivity index (χ3v) is 2.83. The van der Waals surface area contributed by atoms with Crippen LogP contribution in [-0.2, 0) is 0 Å². The zero-order chi connectivity index (χ0) is 9.80. The Hall–Kier alpha value is -0.990. The van der Waals surface area contributed by atoms with Crippen LogP contribution in [-0.4, -0.2) is 4.98 Å². The number of nitrogens with zero attached hydrogens (tertiary/aromatic N) is 1. The fourth-order valence-corrected chi connectivity index (χ4v) is 2.18. The molecule has 0 saturated carbocycles. The SMILES string of the molecule is Clc1cncc(Sc2ccccc2)c1. The van der Waals surface area contributed by atoms with E-state index in [9.17, 15) is 0 Å². The van der Waals surface area contributed by atoms with E-state index in [1.807, 2.05) is 30.5 Å². The summed E-state index contributed by atoms with van der Waals surface area (Å²) >= 11 is 7.49. The van der Waals surface area contributed by atoms with Crippen molar-refractivity contribution in [1.82, 2.24) is 4.98 Å². The summed E-state index contributed by atoms with van der Waals surface area (Å²) in [5.74, 6) is 0. The predicted octanol–water partition coefficient (Wildman–Crippen LogP) is 3.89. The average molecular weight is 222 g/mol. The molecule has 0 saturated heterocycles. The highest BCUT2D eigenvalue weighted by atomic mass is 35.5. The molecule has 0 unspecified atom stereocenters. The lowest BCUT2D eigenvalue weighted by molar-refractivity contribution is 1.23. The summed E-state index contributed by atoms with van der Waals surface area (Å²) in [7, 11) is 0. The van der Waals surface area contributed by atoms with Gasteiger partial charge in [0.2, 0.25) is 0 Å². The standard InChI is InChI=1S/C11H8ClNS/c12-9-6-11(8-13-7-9)14-10-4-2-1-3-5-10/h1-8H. The second kappa shape index (κ2) is 4.49. The zero-order valence-corrected chi connectivity index (χ0v) is 8.92. The van der Waals surface area contributed by atoms with E-state index < -0.39 is 0 Å². The maximum atomic E-state index is 5.84. The van der Waals surface area contributed by atoms with E-state index in [1.165, 1.54) is 4.90 Å². The molecule has 1 aromatic carbocycles. The van der Waals surface area contributed by atoms with Gasteiger partial charge in [-0.2, -0.15) is 0 Å². The second-order valence-electron chi connectivity index (χ2n) is 2.75. The maximum Gasteiger partial charge on any atom is 0.0600 e. The quantitative estimate of drug-likeness (QED) is 0.763. The van der Waals surface area contributed by atoms with Crippen LogP contribution in [0.25, 0.3) is 0 Å².